The van der Waals surface area contributed by atoms with E-state index < -0.39 is 0 Å². The number of aryl methyl sites for hydroxylation is 1. The topological polar surface area (TPSA) is 15.3 Å². The molecule has 0 aliphatic carbocycles. The van der Waals surface area contributed by atoms with Crippen molar-refractivity contribution in [3.63, 3.8) is 0 Å². The van der Waals surface area contributed by atoms with Crippen LogP contribution in [0.25, 0.3) is 0 Å². The van der Waals surface area contributed by atoms with E-state index in [0.717, 1.165) is 12.5 Å². The summed E-state index contributed by atoms with van der Waals surface area (Å²) in [5.74, 6) is 0. The van der Waals surface area contributed by atoms with Crippen molar-refractivity contribution in [2.24, 2.45) is 0 Å². The van der Waals surface area contributed by atoms with Gasteiger partial charge < -0.3 is 5.32 Å². The maximum Gasteiger partial charge on any atom is 0.0473 e. The maximum atomic E-state index is 3.51. The van der Waals surface area contributed by atoms with Crippen molar-refractivity contribution in [1.29, 1.82) is 0 Å². The average molecular weight is 260 g/mol. The summed E-state index contributed by atoms with van der Waals surface area (Å²) >= 11 is 0. The van der Waals surface area contributed by atoms with Crippen molar-refractivity contribution in [3.8, 4) is 0 Å². The Morgan fingerprint density at radius 2 is 2.00 bits per heavy atom. The number of hydrogen-bond acceptors (Lipinski definition) is 2. The van der Waals surface area contributed by atoms with Crippen molar-refractivity contribution in [2.75, 3.05) is 13.6 Å². The number of nitrogens with zero attached hydrogens (tertiary/aromatic N) is 1. The van der Waals surface area contributed by atoms with Gasteiger partial charge in [0, 0.05) is 18.1 Å². The molecule has 1 saturated heterocycles. The first-order valence-electron chi connectivity index (χ1n) is 7.69. The Morgan fingerprint density at radius 1 is 1.32 bits per heavy atom. The number of nitrogens with one attached hydrogen (secondary N) is 1. The predicted molar refractivity (Wildman–Crippen MR) is 82.5 cm³/mol. The minimum absolute atomic E-state index is 0.423. The van der Waals surface area contributed by atoms with Crippen LogP contribution in [0.15, 0.2) is 24.3 Å². The van der Waals surface area contributed by atoms with E-state index in [1.807, 2.05) is 0 Å². The molecule has 2 nitrogen and oxygen atoms in total. The van der Waals surface area contributed by atoms with Crippen LogP contribution in [0.4, 0.5) is 0 Å². The second-order valence-corrected chi connectivity index (χ2v) is 5.83. The fourth-order valence-electron chi connectivity index (χ4n) is 3.40. The van der Waals surface area contributed by atoms with Crippen LogP contribution >= 0.6 is 0 Å². The third-order valence-electron chi connectivity index (χ3n) is 4.67. The summed E-state index contributed by atoms with van der Waals surface area (Å²) in [6, 6.07) is 10.8. The molecule has 0 aromatic heterocycles. The number of rotatable bonds is 5. The molecule has 106 valence electrons. The van der Waals surface area contributed by atoms with Gasteiger partial charge in [0.25, 0.3) is 0 Å². The van der Waals surface area contributed by atoms with Gasteiger partial charge in [-0.2, -0.15) is 0 Å². The molecule has 2 rings (SSSR count). The molecule has 1 fully saturated rings. The highest BCUT2D eigenvalue weighted by molar-refractivity contribution is 5.26. The van der Waals surface area contributed by atoms with Gasteiger partial charge in [0.05, 0.1) is 0 Å². The summed E-state index contributed by atoms with van der Waals surface area (Å²) in [5, 5.41) is 3.51. The van der Waals surface area contributed by atoms with Gasteiger partial charge in [-0.15, -0.1) is 0 Å². The number of benzene rings is 1. The molecule has 2 heteroatoms. The van der Waals surface area contributed by atoms with E-state index >= 15 is 0 Å². The summed E-state index contributed by atoms with van der Waals surface area (Å²) in [7, 11) is 2.08. The number of likely N-dealkylation sites (N-methyl/N-ethyl adjacent to an activating group) is 1. The van der Waals surface area contributed by atoms with Crippen LogP contribution in [-0.2, 0) is 6.42 Å². The highest BCUT2D eigenvalue weighted by Crippen LogP contribution is 2.27. The zero-order valence-electron chi connectivity index (χ0n) is 12.8. The van der Waals surface area contributed by atoms with E-state index in [2.05, 4.69) is 62.3 Å². The summed E-state index contributed by atoms with van der Waals surface area (Å²) in [6.07, 6.45) is 3.80. The predicted octanol–water partition coefficient (Wildman–Crippen LogP) is 3.38. The lowest BCUT2D eigenvalue weighted by Crippen LogP contribution is -2.43. The van der Waals surface area contributed by atoms with E-state index in [4.69, 9.17) is 0 Å². The molecular formula is C17H28N2. The Balaban J connectivity index is 2.13. The summed E-state index contributed by atoms with van der Waals surface area (Å²) in [4.78, 5) is 2.65. The van der Waals surface area contributed by atoms with Crippen molar-refractivity contribution in [1.82, 2.24) is 10.2 Å². The molecule has 0 saturated carbocycles. The van der Waals surface area contributed by atoms with E-state index in [1.165, 1.54) is 30.5 Å². The molecule has 3 unspecified atom stereocenters. The molecule has 0 bridgehead atoms. The summed E-state index contributed by atoms with van der Waals surface area (Å²) in [6.45, 7) is 8.17. The lowest BCUT2D eigenvalue weighted by molar-refractivity contribution is 0.166. The molecule has 1 heterocycles. The molecular weight excluding hydrogens is 232 g/mol. The Morgan fingerprint density at radius 3 is 2.47 bits per heavy atom. The Bertz CT molecular complexity index is 385. The molecule has 1 N–H and O–H groups in total. The van der Waals surface area contributed by atoms with Crippen LogP contribution in [-0.4, -0.2) is 30.6 Å². The summed E-state index contributed by atoms with van der Waals surface area (Å²) in [5.41, 5.74) is 2.83. The van der Waals surface area contributed by atoms with Gasteiger partial charge in [-0.25, -0.2) is 0 Å². The highest BCUT2D eigenvalue weighted by atomic mass is 15.2. The molecule has 19 heavy (non-hydrogen) atoms. The molecule has 1 aromatic rings. The number of hydrogen-bond donors (Lipinski definition) is 1. The van der Waals surface area contributed by atoms with Gasteiger partial charge in [0.2, 0.25) is 0 Å². The minimum Gasteiger partial charge on any atom is -0.312 e. The smallest absolute Gasteiger partial charge is 0.0473 e. The van der Waals surface area contributed by atoms with E-state index in [1.54, 1.807) is 0 Å². The van der Waals surface area contributed by atoms with Crippen molar-refractivity contribution >= 4 is 0 Å². The van der Waals surface area contributed by atoms with Crippen LogP contribution in [0.5, 0.6) is 0 Å². The SMILES string of the molecule is CCc1ccc(C(NC)C(C)N2CCCC2C)cc1. The van der Waals surface area contributed by atoms with Gasteiger partial charge in [0.15, 0.2) is 0 Å². The van der Waals surface area contributed by atoms with Crippen molar-refractivity contribution < 1.29 is 0 Å². The normalized spacial score (nSPS) is 23.5. The lowest BCUT2D eigenvalue weighted by atomic mass is 9.97. The van der Waals surface area contributed by atoms with Gasteiger partial charge >= 0.3 is 0 Å². The molecule has 1 aliphatic heterocycles. The van der Waals surface area contributed by atoms with Crippen molar-refractivity contribution in [2.45, 2.75) is 58.2 Å². The highest BCUT2D eigenvalue weighted by Gasteiger charge is 2.30. The first kappa shape index (κ1) is 14.5. The van der Waals surface area contributed by atoms with Crippen molar-refractivity contribution in [3.05, 3.63) is 35.4 Å². The van der Waals surface area contributed by atoms with Crippen LogP contribution in [0.1, 0.15) is 50.8 Å². The lowest BCUT2D eigenvalue weighted by Gasteiger charge is -2.35. The Labute approximate surface area is 118 Å². The fraction of sp³-hybridized carbons (Fsp3) is 0.647. The second kappa shape index (κ2) is 6.53. The molecule has 0 amide bonds. The molecule has 3 atom stereocenters. The first-order valence-corrected chi connectivity index (χ1v) is 7.69. The monoisotopic (exact) mass is 260 g/mol. The molecule has 0 radical (unpaired) electrons. The maximum absolute atomic E-state index is 3.51. The largest absolute Gasteiger partial charge is 0.312 e. The van der Waals surface area contributed by atoms with Crippen LogP contribution < -0.4 is 5.32 Å². The Hall–Kier alpha value is -0.860. The fourth-order valence-corrected chi connectivity index (χ4v) is 3.40. The zero-order valence-corrected chi connectivity index (χ0v) is 12.8. The van der Waals surface area contributed by atoms with Crippen LogP contribution in [0.2, 0.25) is 0 Å². The third-order valence-corrected chi connectivity index (χ3v) is 4.67. The third kappa shape index (κ3) is 3.18. The average Bonchev–Trinajstić information content (AvgIpc) is 2.86. The standard InChI is InChI=1S/C17H28N2/c1-5-15-8-10-16(11-9-15)17(18-4)14(3)19-12-6-7-13(19)2/h8-11,13-14,17-18H,5-7,12H2,1-4H3. The van der Waals surface area contributed by atoms with Gasteiger partial charge in [-0.3, -0.25) is 4.90 Å². The van der Waals surface area contributed by atoms with E-state index in [0.29, 0.717) is 12.1 Å². The Kier molecular flexibility index (Phi) is 5.00. The number of likely N-dealkylation sites (tertiary alicyclic amines) is 1. The molecule has 1 aromatic carbocycles. The zero-order chi connectivity index (χ0) is 13.8. The van der Waals surface area contributed by atoms with E-state index in [-0.39, 0.29) is 0 Å². The molecule has 1 aliphatic rings. The quantitative estimate of drug-likeness (QED) is 0.873. The van der Waals surface area contributed by atoms with Gasteiger partial charge in [-0.05, 0) is 57.8 Å². The van der Waals surface area contributed by atoms with E-state index in [9.17, 15) is 0 Å². The second-order valence-electron chi connectivity index (χ2n) is 5.83. The van der Waals surface area contributed by atoms with Crippen LogP contribution in [0, 0.1) is 0 Å². The van der Waals surface area contributed by atoms with Gasteiger partial charge in [-0.1, -0.05) is 31.2 Å². The van der Waals surface area contributed by atoms with Gasteiger partial charge in [0.1, 0.15) is 0 Å². The summed E-state index contributed by atoms with van der Waals surface area (Å²) < 4.78 is 0. The van der Waals surface area contributed by atoms with Crippen LogP contribution in [0.3, 0.4) is 0 Å². The molecule has 0 spiro atoms. The minimum atomic E-state index is 0.423. The first-order chi connectivity index (χ1) is 9.17.